The van der Waals surface area contributed by atoms with Crippen LogP contribution in [-0.4, -0.2) is 52.7 Å². The molecule has 7 N–H and O–H groups in total. The minimum Gasteiger partial charge on any atom is -0.479 e. The number of benzene rings is 2. The van der Waals surface area contributed by atoms with Gasteiger partial charge in [0.1, 0.15) is 4.88 Å². The summed E-state index contributed by atoms with van der Waals surface area (Å²) in [6.07, 6.45) is -1.16. The van der Waals surface area contributed by atoms with Crippen molar-refractivity contribution in [1.82, 2.24) is 5.32 Å². The van der Waals surface area contributed by atoms with Gasteiger partial charge in [0, 0.05) is 17.0 Å². The lowest BCUT2D eigenvalue weighted by molar-refractivity contribution is -0.192. The van der Waals surface area contributed by atoms with Crippen LogP contribution in [0, 0.1) is 0 Å². The van der Waals surface area contributed by atoms with Crippen molar-refractivity contribution in [2.45, 2.75) is 51.4 Å². The molecule has 0 saturated carbocycles. The zero-order valence-corrected chi connectivity index (χ0v) is 24.9. The lowest BCUT2D eigenvalue weighted by Crippen LogP contribution is -2.33. The summed E-state index contributed by atoms with van der Waals surface area (Å²) in [5.74, 6) is -5.26. The van der Waals surface area contributed by atoms with Crippen molar-refractivity contribution in [1.29, 1.82) is 0 Å². The maximum Gasteiger partial charge on any atom is 0.490 e. The van der Waals surface area contributed by atoms with E-state index in [-0.39, 0.29) is 0 Å². The molecule has 3 aromatic rings. The predicted molar refractivity (Wildman–Crippen MR) is 158 cm³/mol. The van der Waals surface area contributed by atoms with Crippen LogP contribution >= 0.6 is 11.3 Å². The molecule has 4 rings (SSSR count). The van der Waals surface area contributed by atoms with Crippen LogP contribution in [0.25, 0.3) is 0 Å². The minimum atomic E-state index is -5.08. The van der Waals surface area contributed by atoms with Gasteiger partial charge >= 0.3 is 24.1 Å². The number of halogens is 3. The van der Waals surface area contributed by atoms with Gasteiger partial charge in [-0.25, -0.2) is 14.4 Å². The first-order chi connectivity index (χ1) is 21.2. The second-order valence-corrected chi connectivity index (χ2v) is 10.5. The Morgan fingerprint density at radius 1 is 1.00 bits per heavy atom. The molecule has 0 radical (unpaired) electrons. The Hall–Kier alpha value is -4.76. The Kier molecular flexibility index (Phi) is 13.7. The quantitative estimate of drug-likeness (QED) is 0.221. The third-order valence-corrected chi connectivity index (χ3v) is 7.50. The van der Waals surface area contributed by atoms with Gasteiger partial charge in [-0.2, -0.15) is 13.2 Å². The first kappa shape index (κ1) is 36.4. The monoisotopic (exact) mass is 651 g/mol. The molecule has 1 aliphatic rings. The van der Waals surface area contributed by atoms with Gasteiger partial charge in [-0.1, -0.05) is 42.5 Å². The summed E-state index contributed by atoms with van der Waals surface area (Å²) in [7, 11) is 0. The largest absolute Gasteiger partial charge is 0.490 e. The highest BCUT2D eigenvalue weighted by atomic mass is 32.1. The molecule has 0 saturated heterocycles. The fraction of sp³-hybridized carbons (Fsp3) is 0.300. The molecule has 1 aromatic heterocycles. The second-order valence-electron chi connectivity index (χ2n) is 9.36. The van der Waals surface area contributed by atoms with E-state index in [1.165, 1.54) is 11.3 Å². The Bertz CT molecular complexity index is 1510. The van der Waals surface area contributed by atoms with Crippen LogP contribution in [-0.2, 0) is 33.7 Å². The number of alkyl halides is 3. The number of ether oxygens (including phenoxy) is 1. The second kappa shape index (κ2) is 16.9. The SMILES string of the molecule is CCOC(=O)c1c(C(N)=O)sc2c1CCCC2.NCc1cccc(C(=O)N[C@@H](C(=O)O)c2ccccc2)c1.O=C(O)C(F)(F)F. The summed E-state index contributed by atoms with van der Waals surface area (Å²) in [6, 6.07) is 14.3. The van der Waals surface area contributed by atoms with Gasteiger partial charge in [-0.15, -0.1) is 11.3 Å². The van der Waals surface area contributed by atoms with Crippen LogP contribution in [0.1, 0.15) is 77.8 Å². The van der Waals surface area contributed by atoms with Crippen LogP contribution in [0.15, 0.2) is 54.6 Å². The van der Waals surface area contributed by atoms with Crippen molar-refractivity contribution < 1.29 is 52.1 Å². The number of carboxylic acid groups (broad SMARTS) is 2. The fourth-order valence-corrected chi connectivity index (χ4v) is 5.38. The number of carbonyl (C=O) groups excluding carboxylic acids is 3. The molecule has 11 nitrogen and oxygen atoms in total. The van der Waals surface area contributed by atoms with Crippen LogP contribution in [0.2, 0.25) is 0 Å². The van der Waals surface area contributed by atoms with Gasteiger partial charge in [0.25, 0.3) is 11.8 Å². The van der Waals surface area contributed by atoms with E-state index in [0.717, 1.165) is 41.7 Å². The first-order valence-corrected chi connectivity index (χ1v) is 14.3. The lowest BCUT2D eigenvalue weighted by atomic mass is 9.95. The summed E-state index contributed by atoms with van der Waals surface area (Å²) in [6.45, 7) is 2.38. The number of rotatable bonds is 8. The Morgan fingerprint density at radius 3 is 2.16 bits per heavy atom. The van der Waals surface area contributed by atoms with E-state index in [4.69, 9.17) is 26.1 Å². The van der Waals surface area contributed by atoms with E-state index in [1.807, 2.05) is 6.07 Å². The number of aliphatic carboxylic acids is 2. The molecular weight excluding hydrogens is 619 g/mol. The van der Waals surface area contributed by atoms with Gasteiger partial charge in [0.05, 0.1) is 12.2 Å². The Balaban J connectivity index is 0.000000263. The van der Waals surface area contributed by atoms with Gasteiger partial charge in [0.15, 0.2) is 6.04 Å². The molecular formula is C30H32F3N3O8S. The third kappa shape index (κ3) is 10.7. The number of amides is 2. The molecule has 0 fully saturated rings. The van der Waals surface area contributed by atoms with Crippen molar-refractivity contribution in [2.75, 3.05) is 6.61 Å². The first-order valence-electron chi connectivity index (χ1n) is 13.5. The molecule has 0 unspecified atom stereocenters. The molecule has 1 aliphatic carbocycles. The molecule has 1 heterocycles. The molecule has 15 heteroatoms. The van der Waals surface area contributed by atoms with Crippen LogP contribution in [0.4, 0.5) is 13.2 Å². The smallest absolute Gasteiger partial charge is 0.479 e. The number of nitrogens with one attached hydrogen (secondary N) is 1. The topological polar surface area (TPSA) is 199 Å². The number of hydrogen-bond donors (Lipinski definition) is 5. The minimum absolute atomic E-state index is 0.307. The van der Waals surface area contributed by atoms with Crippen molar-refractivity contribution in [3.05, 3.63) is 92.2 Å². The van der Waals surface area contributed by atoms with Crippen molar-refractivity contribution in [3.8, 4) is 0 Å². The van der Waals surface area contributed by atoms with Gasteiger partial charge in [-0.3, -0.25) is 9.59 Å². The average Bonchev–Trinajstić information content (AvgIpc) is 3.41. The number of primary amides is 1. The number of nitrogens with two attached hydrogens (primary N) is 2. The molecule has 45 heavy (non-hydrogen) atoms. The highest BCUT2D eigenvalue weighted by molar-refractivity contribution is 7.14. The van der Waals surface area contributed by atoms with Crippen LogP contribution in [0.5, 0.6) is 0 Å². The predicted octanol–water partition coefficient (Wildman–Crippen LogP) is 4.24. The number of carboxylic acids is 2. The lowest BCUT2D eigenvalue weighted by Gasteiger charge is -2.15. The zero-order valence-electron chi connectivity index (χ0n) is 24.1. The standard InChI is InChI=1S/C16H16N2O3.C12H15NO3S.C2HF3O2/c17-10-11-5-4-8-13(9-11)15(19)18-14(16(20)21)12-6-2-1-3-7-12;1-2-16-12(15)9-7-5-3-4-6-8(7)17-10(9)11(13)14;3-2(4,5)1(6)7/h1-9,14H,10,17H2,(H,18,19)(H,20,21);2-6H2,1H3,(H2,13,14);(H,6,7)/t14-;;/m1../s1. The number of carbonyl (C=O) groups is 5. The normalized spacial score (nSPS) is 12.6. The van der Waals surface area contributed by atoms with E-state index in [1.54, 1.807) is 55.5 Å². The summed E-state index contributed by atoms with van der Waals surface area (Å²) < 4.78 is 36.7. The van der Waals surface area contributed by atoms with Gasteiger partial charge < -0.3 is 31.7 Å². The summed E-state index contributed by atoms with van der Waals surface area (Å²) in [4.78, 5) is 57.2. The number of thiophene rings is 1. The molecule has 2 aromatic carbocycles. The highest BCUT2D eigenvalue weighted by Gasteiger charge is 2.38. The molecule has 1 atom stereocenters. The summed E-state index contributed by atoms with van der Waals surface area (Å²) >= 11 is 1.35. The molecule has 242 valence electrons. The number of esters is 1. The molecule has 0 spiro atoms. The fourth-order valence-electron chi connectivity index (χ4n) is 4.15. The summed E-state index contributed by atoms with van der Waals surface area (Å²) in [5, 5.41) is 18.9. The van der Waals surface area contributed by atoms with E-state index in [2.05, 4.69) is 5.32 Å². The molecule has 2 amide bonds. The van der Waals surface area contributed by atoms with Crippen LogP contribution in [0.3, 0.4) is 0 Å². The maximum absolute atomic E-state index is 12.2. The van der Waals surface area contributed by atoms with Crippen molar-refractivity contribution in [3.63, 3.8) is 0 Å². The van der Waals surface area contributed by atoms with E-state index in [9.17, 15) is 37.5 Å². The summed E-state index contributed by atoms with van der Waals surface area (Å²) in [5.41, 5.74) is 14.0. The third-order valence-electron chi connectivity index (χ3n) is 6.20. The average molecular weight is 652 g/mol. The van der Waals surface area contributed by atoms with E-state index < -0.39 is 41.9 Å². The molecule has 0 aliphatic heterocycles. The Morgan fingerprint density at radius 2 is 1.62 bits per heavy atom. The number of aryl methyl sites for hydroxylation is 1. The van der Waals surface area contributed by atoms with Crippen molar-refractivity contribution in [2.24, 2.45) is 11.5 Å². The number of hydrogen-bond acceptors (Lipinski definition) is 8. The van der Waals surface area contributed by atoms with Gasteiger partial charge in [-0.05, 0) is 61.4 Å². The highest BCUT2D eigenvalue weighted by Crippen LogP contribution is 2.34. The number of fused-ring (bicyclic) bond motifs is 1. The van der Waals surface area contributed by atoms with E-state index in [0.29, 0.717) is 34.7 Å². The van der Waals surface area contributed by atoms with E-state index >= 15 is 0 Å². The zero-order chi connectivity index (χ0) is 33.7. The van der Waals surface area contributed by atoms with Crippen LogP contribution < -0.4 is 16.8 Å². The Labute approximate surface area is 260 Å². The maximum atomic E-state index is 12.2. The van der Waals surface area contributed by atoms with Gasteiger partial charge in [0.2, 0.25) is 0 Å². The molecule has 0 bridgehead atoms. The van der Waals surface area contributed by atoms with Crippen molar-refractivity contribution >= 4 is 41.1 Å².